The van der Waals surface area contributed by atoms with Gasteiger partial charge in [-0.2, -0.15) is 40.5 Å². The van der Waals surface area contributed by atoms with Crippen molar-refractivity contribution in [2.45, 2.75) is 227 Å². The van der Waals surface area contributed by atoms with Gasteiger partial charge in [0, 0.05) is 43.2 Å². The number of esters is 7. The van der Waals surface area contributed by atoms with Crippen molar-refractivity contribution >= 4 is 112 Å². The van der Waals surface area contributed by atoms with Crippen molar-refractivity contribution in [3.8, 4) is 11.5 Å². The fraction of sp³-hybridized carbons (Fsp3) is 0.517. The van der Waals surface area contributed by atoms with Crippen molar-refractivity contribution in [2.24, 2.45) is 29.4 Å². The summed E-state index contributed by atoms with van der Waals surface area (Å²) in [6, 6.07) is 40.6. The summed E-state index contributed by atoms with van der Waals surface area (Å²) in [7, 11) is 4.32. The number of hydrogen-bond acceptors (Lipinski definition) is 21. The molecule has 0 radical (unpaired) electrons. The lowest BCUT2D eigenvalue weighted by Gasteiger charge is -2.35. The molecule has 7 N–H and O–H groups in total. The summed E-state index contributed by atoms with van der Waals surface area (Å²) < 4.78 is 30.9. The molecule has 5 aromatic rings. The summed E-state index contributed by atoms with van der Waals surface area (Å²) in [5.74, 6) is -6.10. The Morgan fingerprint density at radius 2 is 0.784 bits per heavy atom. The normalized spacial score (nSPS) is 16.8. The van der Waals surface area contributed by atoms with Gasteiger partial charge in [0.1, 0.15) is 55.5 Å². The van der Waals surface area contributed by atoms with E-state index in [0.717, 1.165) is 68.6 Å². The quantitative estimate of drug-likeness (QED) is 0.0101. The van der Waals surface area contributed by atoms with E-state index in [1.165, 1.54) is 36.8 Å². The predicted octanol–water partition coefficient (Wildman–Crippen LogP) is 12.0. The fourth-order valence-electron chi connectivity index (χ4n) is 12.7. The first-order valence-electron chi connectivity index (χ1n) is 39.1. The maximum atomic E-state index is 12.6. The van der Waals surface area contributed by atoms with Crippen molar-refractivity contribution in [3.63, 3.8) is 0 Å². The second-order valence-corrected chi connectivity index (χ2v) is 30.2. The van der Waals surface area contributed by atoms with Crippen molar-refractivity contribution < 1.29 is 96.2 Å². The van der Waals surface area contributed by atoms with Crippen LogP contribution in [-0.4, -0.2) is 156 Å². The molecule has 29 heteroatoms. The maximum Gasteiger partial charge on any atom is 0.329 e. The lowest BCUT2D eigenvalue weighted by atomic mass is 9.74. The van der Waals surface area contributed by atoms with Crippen LogP contribution in [0.1, 0.15) is 200 Å². The first-order chi connectivity index (χ1) is 53.7. The molecule has 3 fully saturated rings. The fourth-order valence-corrected chi connectivity index (χ4v) is 12.7. The van der Waals surface area contributed by atoms with E-state index in [0.29, 0.717) is 18.1 Å². The standard InChI is InChI=1S/C31H42N2O5.C24H36N2O5.C16H21NO5.C12H17NO2.C4H4O3.3H2S/c1-5-31(18-9-10-19-33(4)22-31)25-14-11-15-26(20-25)38-28(35)17-16-27(34)32-29(23(2)3)30(36)37-21-24-12-7-6-8-13-24;1-5-24(13-6-7-14-26(4)16-24)18-9-8-10-19(15-18)31-21(28)12-11-20(27)25-22(17(2)3)23(29)30;1-11(2)15(17-13(18)8-9-14(19)20)16(21)22-10-12-6-4-3-5-7-12;1-9(2)11(13)12(14)15-8-10-6-4-3-5-7-10;5-3-1-2-4(6)7-3;;;/h6-8,11-15,20,23,29H,5,9-10,16-19,21-22H2,1-4H3,(H,32,34);8-10,15,17,22H,5-7,11-14,16H2,1-4H3,(H,25,27)(H,29,30);3-7,11,15H,8-10H2,1-2H3,(H,17,18)(H,19,20);3-7,9,11H,8,13H2,1-2H3;1-2H2;3*1H2/t29-,31?;22-,24?;15-;11-;;;;/m0000..../s1. The molecule has 26 nitrogen and oxygen atoms in total. The Balaban J connectivity index is 0.000000775. The third-order valence-corrected chi connectivity index (χ3v) is 19.6. The number of carbonyl (C=O) groups excluding carboxylic acids is 10. The van der Waals surface area contributed by atoms with E-state index in [-0.39, 0.29) is 146 Å². The number of carboxylic acids is 2. The molecule has 642 valence electrons. The number of nitrogens with one attached hydrogen (secondary N) is 3. The summed E-state index contributed by atoms with van der Waals surface area (Å²) >= 11 is 0. The van der Waals surface area contributed by atoms with E-state index in [4.69, 9.17) is 39.6 Å². The Kier molecular flexibility index (Phi) is 50.2. The van der Waals surface area contributed by atoms with Gasteiger partial charge in [0.25, 0.3) is 0 Å². The number of nitrogens with two attached hydrogens (primary N) is 1. The van der Waals surface area contributed by atoms with E-state index in [2.05, 4.69) is 70.6 Å². The molecule has 3 amide bonds. The molecule has 3 aliphatic rings. The van der Waals surface area contributed by atoms with Gasteiger partial charge >= 0.3 is 53.7 Å². The number of cyclic esters (lactones) is 2. The van der Waals surface area contributed by atoms with Gasteiger partial charge in [-0.3, -0.25) is 43.2 Å². The van der Waals surface area contributed by atoms with Gasteiger partial charge in [0.15, 0.2) is 0 Å². The highest BCUT2D eigenvalue weighted by Crippen LogP contribution is 2.39. The van der Waals surface area contributed by atoms with Crippen LogP contribution in [0.5, 0.6) is 11.5 Å². The molecule has 0 saturated carbocycles. The molecular formula is C87H126N6O20S3. The third kappa shape index (κ3) is 39.2. The number of ether oxygens (including phenoxy) is 6. The van der Waals surface area contributed by atoms with Crippen LogP contribution in [-0.2, 0) is 107 Å². The predicted molar refractivity (Wildman–Crippen MR) is 457 cm³/mol. The molecule has 0 aliphatic carbocycles. The van der Waals surface area contributed by atoms with E-state index >= 15 is 0 Å². The van der Waals surface area contributed by atoms with Crippen LogP contribution >= 0.6 is 40.5 Å². The van der Waals surface area contributed by atoms with Crippen LogP contribution in [0.2, 0.25) is 0 Å². The zero-order valence-corrected chi connectivity index (χ0v) is 72.4. The highest BCUT2D eigenvalue weighted by Gasteiger charge is 2.36. The van der Waals surface area contributed by atoms with Gasteiger partial charge in [-0.15, -0.1) is 0 Å². The summed E-state index contributed by atoms with van der Waals surface area (Å²) in [5.41, 5.74) is 10.8. The Morgan fingerprint density at radius 1 is 0.448 bits per heavy atom. The zero-order chi connectivity index (χ0) is 83.6. The molecule has 3 heterocycles. The van der Waals surface area contributed by atoms with Gasteiger partial charge < -0.3 is 70.1 Å². The average Bonchev–Trinajstić information content (AvgIpc) is 1.39. The molecule has 0 spiro atoms. The minimum Gasteiger partial charge on any atom is -0.481 e. The molecule has 6 atom stereocenters. The van der Waals surface area contributed by atoms with Crippen LogP contribution < -0.4 is 31.2 Å². The Morgan fingerprint density at radius 3 is 1.09 bits per heavy atom. The van der Waals surface area contributed by atoms with Gasteiger partial charge in [-0.25, -0.2) is 14.4 Å². The second kappa shape index (κ2) is 55.5. The molecule has 0 bridgehead atoms. The minimum atomic E-state index is -1.09. The Bertz CT molecular complexity index is 3840. The molecule has 3 aliphatic heterocycles. The van der Waals surface area contributed by atoms with Gasteiger partial charge in [-0.05, 0) is 141 Å². The lowest BCUT2D eigenvalue weighted by Crippen LogP contribution is -2.45. The number of likely N-dealkylation sites (N-methyl/N-ethyl adjacent to an activating group) is 2. The van der Waals surface area contributed by atoms with E-state index in [9.17, 15) is 57.5 Å². The number of hydrogen-bond donors (Lipinski definition) is 6. The average molecular weight is 1670 g/mol. The number of nitrogens with zero attached hydrogens (tertiary/aromatic N) is 2. The van der Waals surface area contributed by atoms with Crippen molar-refractivity contribution in [1.29, 1.82) is 0 Å². The summed E-state index contributed by atoms with van der Waals surface area (Å²) in [6.07, 6.45) is 8.68. The molecule has 0 aromatic heterocycles. The highest BCUT2D eigenvalue weighted by molar-refractivity contribution is 7.59. The van der Waals surface area contributed by atoms with Crippen LogP contribution in [0.3, 0.4) is 0 Å². The minimum absolute atomic E-state index is 0. The summed E-state index contributed by atoms with van der Waals surface area (Å²) in [5, 5.41) is 25.4. The van der Waals surface area contributed by atoms with E-state index in [1.807, 2.05) is 143 Å². The van der Waals surface area contributed by atoms with Crippen molar-refractivity contribution in [3.05, 3.63) is 167 Å². The molecule has 116 heavy (non-hydrogen) atoms. The number of benzene rings is 5. The highest BCUT2D eigenvalue weighted by atomic mass is 32.1. The monoisotopic (exact) mass is 1670 g/mol. The van der Waals surface area contributed by atoms with Gasteiger partial charge in [0.2, 0.25) is 17.7 Å². The molecule has 2 unspecified atom stereocenters. The molecule has 8 rings (SSSR count). The third-order valence-electron chi connectivity index (χ3n) is 19.6. The number of carbonyl (C=O) groups is 12. The summed E-state index contributed by atoms with van der Waals surface area (Å²) in [4.78, 5) is 144. The van der Waals surface area contributed by atoms with Crippen LogP contribution in [0, 0.1) is 23.7 Å². The topological polar surface area (TPSA) is 369 Å². The van der Waals surface area contributed by atoms with Crippen molar-refractivity contribution in [1.82, 2.24) is 25.8 Å². The first-order valence-corrected chi connectivity index (χ1v) is 39.1. The van der Waals surface area contributed by atoms with E-state index in [1.54, 1.807) is 39.8 Å². The number of aliphatic carboxylic acids is 2. The van der Waals surface area contributed by atoms with E-state index < -0.39 is 89.6 Å². The smallest absolute Gasteiger partial charge is 0.329 e. The largest absolute Gasteiger partial charge is 0.481 e. The SMILES string of the molecule is CC(C)[C@H](N)C(=O)OCc1ccccc1.CC(C)[C@H](NC(=O)CCC(=O)O)C(=O)OCc1ccccc1.CCC1(c2cccc(OC(=O)CCC(=O)N[C@H](C(=O)O)C(C)C)c2)CCCCN(C)C1.CCC1(c2cccc(OC(=O)CCC(=O)N[C@H](C(=O)OCc3ccccc3)C(C)C)c2)CCCCN(C)C1.O=C1CCC(=O)O1.S.S.S. The number of likely N-dealkylation sites (tertiary alicyclic amines) is 2. The molecule has 3 saturated heterocycles. The van der Waals surface area contributed by atoms with Crippen molar-refractivity contribution in [2.75, 3.05) is 40.3 Å². The van der Waals surface area contributed by atoms with Gasteiger partial charge in [0.05, 0.1) is 32.1 Å². The number of rotatable bonds is 32. The summed E-state index contributed by atoms with van der Waals surface area (Å²) in [6.45, 7) is 23.6. The Labute approximate surface area is 705 Å². The Hall–Kier alpha value is -9.13. The zero-order valence-electron chi connectivity index (χ0n) is 69.4. The number of carboxylic acid groups (broad SMARTS) is 2. The second-order valence-electron chi connectivity index (χ2n) is 30.2. The first kappa shape index (κ1) is 105. The molecule has 5 aromatic carbocycles. The maximum absolute atomic E-state index is 12.6. The lowest BCUT2D eigenvalue weighted by molar-refractivity contribution is -0.152. The van der Waals surface area contributed by atoms with Crippen LogP contribution in [0.25, 0.3) is 0 Å². The van der Waals surface area contributed by atoms with Crippen LogP contribution in [0.15, 0.2) is 140 Å². The number of amides is 3. The van der Waals surface area contributed by atoms with Gasteiger partial charge in [-0.1, -0.05) is 197 Å². The molecular weight excluding hydrogens is 1550 g/mol. The van der Waals surface area contributed by atoms with Crippen LogP contribution in [0.4, 0.5) is 0 Å².